The summed E-state index contributed by atoms with van der Waals surface area (Å²) in [7, 11) is -3.99. The molecule has 0 aromatic heterocycles. The highest BCUT2D eigenvalue weighted by atomic mass is 31.2. The standard InChI is InChI=1S/C12H21O7P/c13-11(14)6-5-10(12(15)16)8-20(17,18)19-7-9-3-1-2-4-9/h9-10H,1-8H2,(H,13,14)(H,15,16)(H,17,18). The second kappa shape index (κ2) is 7.76. The van der Waals surface area contributed by atoms with Crippen LogP contribution >= 0.6 is 7.60 Å². The van der Waals surface area contributed by atoms with Gasteiger partial charge in [-0.3, -0.25) is 14.2 Å². The molecule has 20 heavy (non-hydrogen) atoms. The molecule has 0 bridgehead atoms. The van der Waals surface area contributed by atoms with Gasteiger partial charge in [0, 0.05) is 6.42 Å². The minimum absolute atomic E-state index is 0.166. The maximum atomic E-state index is 11.9. The zero-order chi connectivity index (χ0) is 15.2. The Hall–Kier alpha value is -0.910. The van der Waals surface area contributed by atoms with Crippen LogP contribution in [0.25, 0.3) is 0 Å². The maximum Gasteiger partial charge on any atom is 0.328 e. The highest BCUT2D eigenvalue weighted by molar-refractivity contribution is 7.52. The van der Waals surface area contributed by atoms with Crippen LogP contribution in [0.15, 0.2) is 0 Å². The molecule has 1 fully saturated rings. The number of carboxylic acids is 2. The number of carboxylic acid groups (broad SMARTS) is 2. The predicted octanol–water partition coefficient (Wildman–Crippen LogP) is 1.94. The predicted molar refractivity (Wildman–Crippen MR) is 70.6 cm³/mol. The summed E-state index contributed by atoms with van der Waals surface area (Å²) in [6.07, 6.45) is 3.02. The maximum absolute atomic E-state index is 11.9. The van der Waals surface area contributed by atoms with Crippen LogP contribution in [-0.4, -0.2) is 39.8 Å². The van der Waals surface area contributed by atoms with Crippen molar-refractivity contribution in [3.63, 3.8) is 0 Å². The molecule has 3 N–H and O–H groups in total. The fraction of sp³-hybridized carbons (Fsp3) is 0.833. The Balaban J connectivity index is 2.44. The van der Waals surface area contributed by atoms with E-state index in [-0.39, 0.29) is 25.4 Å². The first-order chi connectivity index (χ1) is 9.30. The monoisotopic (exact) mass is 308 g/mol. The third-order valence-electron chi connectivity index (χ3n) is 3.49. The van der Waals surface area contributed by atoms with Gasteiger partial charge < -0.3 is 19.6 Å². The Bertz CT molecular complexity index is 389. The molecule has 116 valence electrons. The van der Waals surface area contributed by atoms with E-state index in [4.69, 9.17) is 14.7 Å². The molecule has 0 saturated heterocycles. The first kappa shape index (κ1) is 17.1. The summed E-state index contributed by atoms with van der Waals surface area (Å²) in [5.74, 6) is -3.32. The van der Waals surface area contributed by atoms with Crippen LogP contribution in [0.1, 0.15) is 38.5 Å². The van der Waals surface area contributed by atoms with Crippen molar-refractivity contribution in [1.29, 1.82) is 0 Å². The molecule has 2 atom stereocenters. The van der Waals surface area contributed by atoms with Crippen LogP contribution < -0.4 is 0 Å². The molecule has 0 aromatic carbocycles. The Kier molecular flexibility index (Phi) is 6.65. The van der Waals surface area contributed by atoms with Gasteiger partial charge in [0.25, 0.3) is 0 Å². The molecule has 8 heteroatoms. The molecular formula is C12H21O7P. The van der Waals surface area contributed by atoms with Crippen LogP contribution in [0.2, 0.25) is 0 Å². The second-order valence-corrected chi connectivity index (χ2v) is 7.13. The summed E-state index contributed by atoms with van der Waals surface area (Å²) in [6, 6.07) is 0. The van der Waals surface area contributed by atoms with Gasteiger partial charge in [-0.1, -0.05) is 12.8 Å². The number of rotatable bonds is 9. The summed E-state index contributed by atoms with van der Waals surface area (Å²) >= 11 is 0. The van der Waals surface area contributed by atoms with Crippen molar-refractivity contribution in [1.82, 2.24) is 0 Å². The Morgan fingerprint density at radius 2 is 1.85 bits per heavy atom. The zero-order valence-corrected chi connectivity index (χ0v) is 12.1. The number of hydrogen-bond acceptors (Lipinski definition) is 4. The highest BCUT2D eigenvalue weighted by Gasteiger charge is 2.31. The summed E-state index contributed by atoms with van der Waals surface area (Å²) in [5, 5.41) is 17.5. The van der Waals surface area contributed by atoms with E-state index in [2.05, 4.69) is 0 Å². The SMILES string of the molecule is O=C(O)CCC(CP(=O)(O)OCC1CCCC1)C(=O)O. The van der Waals surface area contributed by atoms with Gasteiger partial charge in [0.2, 0.25) is 0 Å². The minimum atomic E-state index is -3.99. The lowest BCUT2D eigenvalue weighted by Crippen LogP contribution is -2.20. The molecule has 0 aromatic rings. The molecule has 1 aliphatic carbocycles. The van der Waals surface area contributed by atoms with Crippen LogP contribution in [0.3, 0.4) is 0 Å². The molecule has 1 aliphatic rings. The van der Waals surface area contributed by atoms with E-state index in [0.717, 1.165) is 25.7 Å². The normalized spacial score (nSPS) is 20.4. The zero-order valence-electron chi connectivity index (χ0n) is 11.2. The Morgan fingerprint density at radius 1 is 1.25 bits per heavy atom. The van der Waals surface area contributed by atoms with E-state index in [9.17, 15) is 19.0 Å². The van der Waals surface area contributed by atoms with Gasteiger partial charge in [0.15, 0.2) is 0 Å². The number of carbonyl (C=O) groups is 2. The largest absolute Gasteiger partial charge is 0.481 e. The van der Waals surface area contributed by atoms with E-state index in [1.807, 2.05) is 0 Å². The van der Waals surface area contributed by atoms with Gasteiger partial charge in [0.05, 0.1) is 18.7 Å². The summed E-state index contributed by atoms with van der Waals surface area (Å²) < 4.78 is 16.9. The average molecular weight is 308 g/mol. The Labute approximate surface area is 117 Å². The van der Waals surface area contributed by atoms with Gasteiger partial charge in [-0.2, -0.15) is 0 Å². The van der Waals surface area contributed by atoms with Crippen molar-refractivity contribution >= 4 is 19.5 Å². The molecule has 1 rings (SSSR count). The summed E-state index contributed by atoms with van der Waals surface area (Å²) in [6.45, 7) is 0.166. The van der Waals surface area contributed by atoms with Gasteiger partial charge in [-0.25, -0.2) is 0 Å². The van der Waals surface area contributed by atoms with Crippen molar-refractivity contribution in [2.75, 3.05) is 12.8 Å². The summed E-state index contributed by atoms with van der Waals surface area (Å²) in [4.78, 5) is 31.1. The lowest BCUT2D eigenvalue weighted by Gasteiger charge is -2.18. The van der Waals surface area contributed by atoms with Crippen molar-refractivity contribution in [2.45, 2.75) is 38.5 Å². The fourth-order valence-corrected chi connectivity index (χ4v) is 3.77. The van der Waals surface area contributed by atoms with Crippen LogP contribution in [0, 0.1) is 11.8 Å². The fourth-order valence-electron chi connectivity index (χ4n) is 2.32. The molecular weight excluding hydrogens is 287 g/mol. The molecule has 1 saturated carbocycles. The topological polar surface area (TPSA) is 121 Å². The molecule has 0 heterocycles. The number of hydrogen-bond donors (Lipinski definition) is 3. The average Bonchev–Trinajstić information content (AvgIpc) is 2.84. The third-order valence-corrected chi connectivity index (χ3v) is 4.95. The number of aliphatic carboxylic acids is 2. The van der Waals surface area contributed by atoms with Gasteiger partial charge in [-0.15, -0.1) is 0 Å². The van der Waals surface area contributed by atoms with Crippen LogP contribution in [-0.2, 0) is 18.7 Å². The van der Waals surface area contributed by atoms with E-state index in [0.29, 0.717) is 0 Å². The van der Waals surface area contributed by atoms with E-state index >= 15 is 0 Å². The lowest BCUT2D eigenvalue weighted by atomic mass is 10.1. The van der Waals surface area contributed by atoms with Crippen molar-refractivity contribution in [3.05, 3.63) is 0 Å². The third kappa shape index (κ3) is 6.50. The minimum Gasteiger partial charge on any atom is -0.481 e. The van der Waals surface area contributed by atoms with Crippen molar-refractivity contribution in [2.24, 2.45) is 11.8 Å². The molecule has 7 nitrogen and oxygen atoms in total. The quantitative estimate of drug-likeness (QED) is 0.556. The van der Waals surface area contributed by atoms with E-state index in [1.165, 1.54) is 0 Å². The van der Waals surface area contributed by atoms with Crippen LogP contribution in [0.5, 0.6) is 0 Å². The molecule has 0 aliphatic heterocycles. The molecule has 0 radical (unpaired) electrons. The van der Waals surface area contributed by atoms with Crippen molar-refractivity contribution < 1.29 is 33.8 Å². The van der Waals surface area contributed by atoms with Gasteiger partial charge >= 0.3 is 19.5 Å². The van der Waals surface area contributed by atoms with Gasteiger partial charge in [-0.05, 0) is 25.2 Å². The molecule has 0 spiro atoms. The lowest BCUT2D eigenvalue weighted by molar-refractivity contribution is -0.142. The first-order valence-corrected chi connectivity index (χ1v) is 8.47. The second-order valence-electron chi connectivity index (χ2n) is 5.23. The molecule has 2 unspecified atom stereocenters. The Morgan fingerprint density at radius 3 is 2.35 bits per heavy atom. The first-order valence-electron chi connectivity index (χ1n) is 6.71. The van der Waals surface area contributed by atoms with Crippen LogP contribution in [0.4, 0.5) is 0 Å². The van der Waals surface area contributed by atoms with E-state index < -0.39 is 31.6 Å². The molecule has 0 amide bonds. The smallest absolute Gasteiger partial charge is 0.328 e. The van der Waals surface area contributed by atoms with Crippen molar-refractivity contribution in [3.8, 4) is 0 Å². The summed E-state index contributed by atoms with van der Waals surface area (Å²) in [5.41, 5.74) is 0. The highest BCUT2D eigenvalue weighted by Crippen LogP contribution is 2.45. The van der Waals surface area contributed by atoms with E-state index in [1.54, 1.807) is 0 Å². The van der Waals surface area contributed by atoms with Gasteiger partial charge in [0.1, 0.15) is 0 Å².